The molecule has 0 radical (unpaired) electrons. The third kappa shape index (κ3) is 10.7. The molecule has 0 aromatic heterocycles. The van der Waals surface area contributed by atoms with Gasteiger partial charge in [0, 0.05) is 38.0 Å². The largest absolute Gasteiger partial charge is 0.493 e. The molecule has 2 heterocycles. The maximum atomic E-state index is 13.2. The van der Waals surface area contributed by atoms with E-state index < -0.39 is 42.2 Å². The summed E-state index contributed by atoms with van der Waals surface area (Å²) in [6.45, 7) is 0.261. The number of fused-ring (bicyclic) bond motifs is 1. The third-order valence-corrected chi connectivity index (χ3v) is 9.21. The summed E-state index contributed by atoms with van der Waals surface area (Å²) in [7, 11) is 3.22. The molecule has 1 atom stereocenters. The summed E-state index contributed by atoms with van der Waals surface area (Å²) in [5.41, 5.74) is 2.92. The van der Waals surface area contributed by atoms with Crippen LogP contribution in [0.15, 0.2) is 60.7 Å². The van der Waals surface area contributed by atoms with Crippen LogP contribution in [0.1, 0.15) is 76.8 Å². The number of imide groups is 2. The normalized spacial score (nSPS) is 14.9. The summed E-state index contributed by atoms with van der Waals surface area (Å²) in [5.74, 6) is -2.13. The van der Waals surface area contributed by atoms with Crippen LogP contribution in [-0.4, -0.2) is 86.2 Å². The van der Waals surface area contributed by atoms with Crippen LogP contribution >= 0.6 is 0 Å². The molecule has 0 bridgehead atoms. The number of anilines is 1. The molecule has 1 unspecified atom stereocenters. The van der Waals surface area contributed by atoms with Gasteiger partial charge >= 0.3 is 0 Å². The van der Waals surface area contributed by atoms with Gasteiger partial charge in [-0.3, -0.25) is 43.8 Å². The van der Waals surface area contributed by atoms with Crippen LogP contribution in [0.25, 0.3) is 0 Å². The molecular weight excluding hydrogens is 710 g/mol. The summed E-state index contributed by atoms with van der Waals surface area (Å²) in [4.78, 5) is 88.1. The van der Waals surface area contributed by atoms with Crippen molar-refractivity contribution in [1.82, 2.24) is 20.9 Å². The molecule has 3 aromatic carbocycles. The highest BCUT2D eigenvalue weighted by Crippen LogP contribution is 2.33. The average Bonchev–Trinajstić information content (AvgIpc) is 3.43. The first-order chi connectivity index (χ1) is 26.6. The number of aryl methyl sites for hydroxylation is 2. The van der Waals surface area contributed by atoms with Crippen molar-refractivity contribution in [3.8, 4) is 17.2 Å². The van der Waals surface area contributed by atoms with Crippen molar-refractivity contribution in [3.05, 3.63) is 82.9 Å². The summed E-state index contributed by atoms with van der Waals surface area (Å²) < 4.78 is 16.3. The average molecular weight is 756 g/mol. The van der Waals surface area contributed by atoms with E-state index in [-0.39, 0.29) is 54.4 Å². The fourth-order valence-corrected chi connectivity index (χ4v) is 6.38. The number of amides is 7. The van der Waals surface area contributed by atoms with E-state index in [1.807, 2.05) is 42.5 Å². The second kappa shape index (κ2) is 19.2. The standard InChI is InChI=1S/C40H45N5O10/c1-53-30-16-14-26(23-32(30)54-2)9-5-8-25-10-6-11-27(22-25)43-34(47)19-18-33(46)41-20-3-4-21-42-36(49)24-55-31-13-7-12-28-37(31)40(52)45(39(28)51)29-15-17-35(48)44-38(29)50/h6-7,10-14,16,22-23,29H,3-5,8-9,15,17-21,24H2,1-2H3,(H,41,46)(H,42,49)(H,43,47)(H,44,48,50). The van der Waals surface area contributed by atoms with Crippen LogP contribution in [0, 0.1) is 0 Å². The monoisotopic (exact) mass is 755 g/mol. The Morgan fingerprint density at radius 3 is 2.16 bits per heavy atom. The Kier molecular flexibility index (Phi) is 13.9. The molecule has 4 N–H and O–H groups in total. The Labute approximate surface area is 318 Å². The van der Waals surface area contributed by atoms with Gasteiger partial charge in [-0.25, -0.2) is 0 Å². The second-order valence-electron chi connectivity index (χ2n) is 13.1. The summed E-state index contributed by atoms with van der Waals surface area (Å²) >= 11 is 0. The molecule has 15 nitrogen and oxygen atoms in total. The fourth-order valence-electron chi connectivity index (χ4n) is 6.38. The number of hydrogen-bond acceptors (Lipinski definition) is 10. The second-order valence-corrected chi connectivity index (χ2v) is 13.1. The van der Waals surface area contributed by atoms with Gasteiger partial charge in [-0.2, -0.15) is 0 Å². The van der Waals surface area contributed by atoms with Gasteiger partial charge < -0.3 is 30.2 Å². The van der Waals surface area contributed by atoms with Crippen LogP contribution < -0.4 is 35.5 Å². The maximum absolute atomic E-state index is 13.2. The molecular formula is C40H45N5O10. The van der Waals surface area contributed by atoms with Crippen molar-refractivity contribution in [2.75, 3.05) is 39.2 Å². The minimum absolute atomic E-state index is 0.000845. The first-order valence-electron chi connectivity index (χ1n) is 18.2. The molecule has 0 aliphatic carbocycles. The summed E-state index contributed by atoms with van der Waals surface area (Å²) in [6.07, 6.45) is 3.83. The number of ether oxygens (including phenoxy) is 3. The van der Waals surface area contributed by atoms with Gasteiger partial charge in [0.1, 0.15) is 11.8 Å². The van der Waals surface area contributed by atoms with Gasteiger partial charge in [-0.15, -0.1) is 0 Å². The van der Waals surface area contributed by atoms with Gasteiger partial charge in [-0.1, -0.05) is 24.3 Å². The molecule has 7 amide bonds. The predicted octanol–water partition coefficient (Wildman–Crippen LogP) is 3.09. The van der Waals surface area contributed by atoms with Crippen molar-refractivity contribution in [2.45, 2.75) is 63.8 Å². The first-order valence-corrected chi connectivity index (χ1v) is 18.2. The van der Waals surface area contributed by atoms with Crippen LogP contribution in [0.4, 0.5) is 5.69 Å². The predicted molar refractivity (Wildman–Crippen MR) is 200 cm³/mol. The van der Waals surface area contributed by atoms with E-state index in [0.29, 0.717) is 43.1 Å². The zero-order valence-corrected chi connectivity index (χ0v) is 30.9. The van der Waals surface area contributed by atoms with Crippen molar-refractivity contribution < 1.29 is 47.8 Å². The number of carbonyl (C=O) groups is 7. The number of hydrogen-bond donors (Lipinski definition) is 4. The lowest BCUT2D eigenvalue weighted by atomic mass is 10.0. The quantitative estimate of drug-likeness (QED) is 0.104. The van der Waals surface area contributed by atoms with Crippen molar-refractivity contribution in [1.29, 1.82) is 0 Å². The number of nitrogens with zero attached hydrogens (tertiary/aromatic N) is 1. The molecule has 2 aliphatic heterocycles. The zero-order chi connectivity index (χ0) is 39.3. The van der Waals surface area contributed by atoms with Crippen LogP contribution in [0.2, 0.25) is 0 Å². The molecule has 55 heavy (non-hydrogen) atoms. The fraction of sp³-hybridized carbons (Fsp3) is 0.375. The number of piperidine rings is 1. The van der Waals surface area contributed by atoms with Crippen molar-refractivity contribution in [2.24, 2.45) is 0 Å². The number of carbonyl (C=O) groups excluding carboxylic acids is 7. The molecule has 0 saturated carbocycles. The number of nitrogens with one attached hydrogen (secondary N) is 4. The summed E-state index contributed by atoms with van der Waals surface area (Å²) in [5, 5.41) is 10.5. The minimum Gasteiger partial charge on any atom is -0.493 e. The maximum Gasteiger partial charge on any atom is 0.266 e. The highest BCUT2D eigenvalue weighted by molar-refractivity contribution is 6.24. The molecule has 3 aromatic rings. The van der Waals surface area contributed by atoms with Gasteiger partial charge in [0.05, 0.1) is 25.3 Å². The van der Waals surface area contributed by atoms with Crippen LogP contribution in [0.3, 0.4) is 0 Å². The van der Waals surface area contributed by atoms with E-state index in [1.165, 1.54) is 18.2 Å². The van der Waals surface area contributed by atoms with E-state index in [0.717, 1.165) is 35.3 Å². The van der Waals surface area contributed by atoms with Crippen molar-refractivity contribution >= 4 is 47.0 Å². The van der Waals surface area contributed by atoms with E-state index in [1.54, 1.807) is 14.2 Å². The summed E-state index contributed by atoms with van der Waals surface area (Å²) in [6, 6.07) is 16.8. The molecule has 1 saturated heterocycles. The minimum atomic E-state index is -1.11. The lowest BCUT2D eigenvalue weighted by Crippen LogP contribution is -2.54. The lowest BCUT2D eigenvalue weighted by Gasteiger charge is -2.27. The van der Waals surface area contributed by atoms with Gasteiger partial charge in [-0.05, 0) is 86.1 Å². The van der Waals surface area contributed by atoms with Crippen molar-refractivity contribution in [3.63, 3.8) is 0 Å². The Bertz CT molecular complexity index is 1950. The zero-order valence-electron chi connectivity index (χ0n) is 30.9. The molecule has 0 spiro atoms. The topological polar surface area (TPSA) is 199 Å². The molecule has 290 valence electrons. The Morgan fingerprint density at radius 1 is 0.745 bits per heavy atom. The van der Waals surface area contributed by atoms with Crippen LogP contribution in [-0.2, 0) is 36.8 Å². The number of unbranched alkanes of at least 4 members (excludes halogenated alkanes) is 1. The first kappa shape index (κ1) is 39.9. The third-order valence-electron chi connectivity index (χ3n) is 9.21. The van der Waals surface area contributed by atoms with E-state index in [9.17, 15) is 33.6 Å². The van der Waals surface area contributed by atoms with E-state index in [4.69, 9.17) is 14.2 Å². The molecule has 5 rings (SSSR count). The Hall–Kier alpha value is -6.25. The lowest BCUT2D eigenvalue weighted by molar-refractivity contribution is -0.136. The van der Waals surface area contributed by atoms with Gasteiger partial charge in [0.2, 0.25) is 23.6 Å². The van der Waals surface area contributed by atoms with E-state index in [2.05, 4.69) is 21.3 Å². The molecule has 2 aliphatic rings. The van der Waals surface area contributed by atoms with E-state index >= 15 is 0 Å². The smallest absolute Gasteiger partial charge is 0.266 e. The molecule has 15 heteroatoms. The van der Waals surface area contributed by atoms with Crippen LogP contribution in [0.5, 0.6) is 17.2 Å². The molecule has 1 fully saturated rings. The number of methoxy groups -OCH3 is 2. The number of rotatable bonds is 19. The highest BCUT2D eigenvalue weighted by Gasteiger charge is 2.46. The van der Waals surface area contributed by atoms with Gasteiger partial charge in [0.15, 0.2) is 18.1 Å². The SMILES string of the molecule is COc1ccc(CCCc2cccc(NC(=O)CCC(=O)NCCCCNC(=O)COc3cccc4c3C(=O)N(C3CCC(=O)NC3=O)C4=O)c2)cc1OC. The van der Waals surface area contributed by atoms with Gasteiger partial charge in [0.25, 0.3) is 17.7 Å². The number of benzene rings is 3. The Balaban J connectivity index is 0.936. The Morgan fingerprint density at radius 2 is 1.44 bits per heavy atom. The highest BCUT2D eigenvalue weighted by atomic mass is 16.5.